The van der Waals surface area contributed by atoms with Crippen LogP contribution in [0.5, 0.6) is 17.4 Å². The molecule has 1 aromatic carbocycles. The molecule has 3 aromatic rings. The number of fused-ring (bicyclic) bond motifs is 1. The number of aromatic nitrogens is 2. The van der Waals surface area contributed by atoms with Crippen LogP contribution in [0.15, 0.2) is 47.3 Å². The van der Waals surface area contributed by atoms with Gasteiger partial charge in [-0.05, 0) is 43.2 Å². The number of nitrogens with zero attached hydrogens (tertiary/aromatic N) is 4. The summed E-state index contributed by atoms with van der Waals surface area (Å²) < 4.78 is 16.5. The Kier molecular flexibility index (Phi) is 5.19. The molecule has 2 aromatic heterocycles. The number of benzene rings is 1. The summed E-state index contributed by atoms with van der Waals surface area (Å²) >= 11 is 0. The summed E-state index contributed by atoms with van der Waals surface area (Å²) in [5.41, 5.74) is 2.33. The average molecular weight is 420 g/mol. The smallest absolute Gasteiger partial charge is 0.257 e. The van der Waals surface area contributed by atoms with Crippen LogP contribution in [-0.2, 0) is 13.0 Å². The Morgan fingerprint density at radius 3 is 2.52 bits per heavy atom. The SMILES string of the molecule is COc1ccc(Oc2nc(N3CCCC3)nc3c2CN(C(=O)c2ccoc2)CC3)cc1. The molecular formula is C23H24N4O4. The van der Waals surface area contributed by atoms with Crippen LogP contribution in [0.4, 0.5) is 5.95 Å². The Morgan fingerprint density at radius 2 is 1.81 bits per heavy atom. The van der Waals surface area contributed by atoms with E-state index in [-0.39, 0.29) is 5.91 Å². The second-order valence-corrected chi connectivity index (χ2v) is 7.71. The minimum absolute atomic E-state index is 0.0709. The minimum atomic E-state index is -0.0709. The number of hydrogen-bond donors (Lipinski definition) is 0. The van der Waals surface area contributed by atoms with Crippen molar-refractivity contribution in [2.75, 3.05) is 31.6 Å². The monoisotopic (exact) mass is 420 g/mol. The fourth-order valence-electron chi connectivity index (χ4n) is 4.01. The Hall–Kier alpha value is -3.55. The van der Waals surface area contributed by atoms with Gasteiger partial charge in [-0.25, -0.2) is 4.98 Å². The third-order valence-electron chi connectivity index (χ3n) is 5.73. The summed E-state index contributed by atoms with van der Waals surface area (Å²) in [7, 11) is 1.63. The van der Waals surface area contributed by atoms with Crippen molar-refractivity contribution < 1.29 is 18.7 Å². The first kappa shape index (κ1) is 19.4. The lowest BCUT2D eigenvalue weighted by molar-refractivity contribution is 0.0731. The van der Waals surface area contributed by atoms with Crippen molar-refractivity contribution >= 4 is 11.9 Å². The number of furan rings is 1. The zero-order chi connectivity index (χ0) is 21.2. The van der Waals surface area contributed by atoms with Crippen molar-refractivity contribution in [2.24, 2.45) is 0 Å². The highest BCUT2D eigenvalue weighted by Crippen LogP contribution is 2.33. The van der Waals surface area contributed by atoms with Crippen LogP contribution >= 0.6 is 0 Å². The molecule has 0 N–H and O–H groups in total. The predicted octanol–water partition coefficient (Wildman–Crippen LogP) is 3.67. The topological polar surface area (TPSA) is 80.9 Å². The van der Waals surface area contributed by atoms with Gasteiger partial charge in [0.2, 0.25) is 11.8 Å². The summed E-state index contributed by atoms with van der Waals surface area (Å²) in [6.45, 7) is 2.89. The van der Waals surface area contributed by atoms with E-state index < -0.39 is 0 Å². The fraction of sp³-hybridized carbons (Fsp3) is 0.348. The third kappa shape index (κ3) is 3.93. The maximum atomic E-state index is 12.8. The number of amides is 1. The highest BCUT2D eigenvalue weighted by atomic mass is 16.5. The summed E-state index contributed by atoms with van der Waals surface area (Å²) in [6.07, 6.45) is 5.92. The summed E-state index contributed by atoms with van der Waals surface area (Å²) in [6, 6.07) is 9.07. The fourth-order valence-corrected chi connectivity index (χ4v) is 4.01. The summed E-state index contributed by atoms with van der Waals surface area (Å²) in [4.78, 5) is 26.4. The molecule has 5 rings (SSSR count). The van der Waals surface area contributed by atoms with Gasteiger partial charge in [0.1, 0.15) is 17.8 Å². The Labute approximate surface area is 180 Å². The normalized spacial score (nSPS) is 15.6. The molecule has 31 heavy (non-hydrogen) atoms. The lowest BCUT2D eigenvalue weighted by Crippen LogP contribution is -2.37. The van der Waals surface area contributed by atoms with E-state index in [1.54, 1.807) is 18.1 Å². The molecule has 0 unspecified atom stereocenters. The van der Waals surface area contributed by atoms with E-state index in [9.17, 15) is 4.79 Å². The molecule has 160 valence electrons. The quantitative estimate of drug-likeness (QED) is 0.623. The highest BCUT2D eigenvalue weighted by Gasteiger charge is 2.29. The molecule has 1 fully saturated rings. The number of ether oxygens (including phenoxy) is 2. The predicted molar refractivity (Wildman–Crippen MR) is 114 cm³/mol. The van der Waals surface area contributed by atoms with Crippen LogP contribution in [0.2, 0.25) is 0 Å². The van der Waals surface area contributed by atoms with Crippen molar-refractivity contribution in [1.29, 1.82) is 0 Å². The summed E-state index contributed by atoms with van der Waals surface area (Å²) in [5.74, 6) is 2.55. The molecule has 4 heterocycles. The van der Waals surface area contributed by atoms with Gasteiger partial charge in [0, 0.05) is 26.1 Å². The molecule has 2 aliphatic rings. The van der Waals surface area contributed by atoms with Gasteiger partial charge in [-0.2, -0.15) is 4.98 Å². The van der Waals surface area contributed by atoms with Crippen LogP contribution in [0, 0.1) is 0 Å². The molecule has 0 aliphatic carbocycles. The molecule has 0 spiro atoms. The van der Waals surface area contributed by atoms with E-state index in [0.717, 1.165) is 42.9 Å². The minimum Gasteiger partial charge on any atom is -0.497 e. The molecule has 0 bridgehead atoms. The molecule has 8 nitrogen and oxygen atoms in total. The second-order valence-electron chi connectivity index (χ2n) is 7.71. The van der Waals surface area contributed by atoms with Crippen molar-refractivity contribution in [1.82, 2.24) is 14.9 Å². The van der Waals surface area contributed by atoms with E-state index in [1.165, 1.54) is 12.5 Å². The Morgan fingerprint density at radius 1 is 1.03 bits per heavy atom. The van der Waals surface area contributed by atoms with Crippen LogP contribution < -0.4 is 14.4 Å². The first-order valence-electron chi connectivity index (χ1n) is 10.5. The molecule has 1 saturated heterocycles. The van der Waals surface area contributed by atoms with Gasteiger partial charge in [0.05, 0.1) is 36.7 Å². The molecule has 0 atom stereocenters. The molecule has 0 radical (unpaired) electrons. The van der Waals surface area contributed by atoms with Crippen molar-refractivity contribution in [3.8, 4) is 17.4 Å². The zero-order valence-corrected chi connectivity index (χ0v) is 17.4. The maximum absolute atomic E-state index is 12.8. The van der Waals surface area contributed by atoms with Gasteiger partial charge in [-0.15, -0.1) is 0 Å². The maximum Gasteiger partial charge on any atom is 0.257 e. The lowest BCUT2D eigenvalue weighted by Gasteiger charge is -2.30. The average Bonchev–Trinajstić information content (AvgIpc) is 3.53. The molecular weight excluding hydrogens is 396 g/mol. The van der Waals surface area contributed by atoms with Crippen LogP contribution in [0.3, 0.4) is 0 Å². The number of carbonyl (C=O) groups excluding carboxylic acids is 1. The molecule has 0 saturated carbocycles. The first-order chi connectivity index (χ1) is 15.2. The van der Waals surface area contributed by atoms with Gasteiger partial charge in [-0.3, -0.25) is 4.79 Å². The molecule has 1 amide bonds. The number of methoxy groups -OCH3 is 1. The van der Waals surface area contributed by atoms with Crippen molar-refractivity contribution in [3.63, 3.8) is 0 Å². The van der Waals surface area contributed by atoms with E-state index in [1.807, 2.05) is 24.3 Å². The van der Waals surface area contributed by atoms with Gasteiger partial charge < -0.3 is 23.7 Å². The van der Waals surface area contributed by atoms with Gasteiger partial charge in [0.25, 0.3) is 5.91 Å². The van der Waals surface area contributed by atoms with Crippen LogP contribution in [0.25, 0.3) is 0 Å². The largest absolute Gasteiger partial charge is 0.497 e. The number of hydrogen-bond acceptors (Lipinski definition) is 7. The first-order valence-corrected chi connectivity index (χ1v) is 10.5. The Bertz CT molecular complexity index is 1060. The molecule has 2 aliphatic heterocycles. The number of carbonyl (C=O) groups is 1. The van der Waals surface area contributed by atoms with E-state index in [2.05, 4.69) is 4.90 Å². The summed E-state index contributed by atoms with van der Waals surface area (Å²) in [5, 5.41) is 0. The third-order valence-corrected chi connectivity index (χ3v) is 5.73. The lowest BCUT2D eigenvalue weighted by atomic mass is 10.1. The number of anilines is 1. The van der Waals surface area contributed by atoms with E-state index in [4.69, 9.17) is 23.9 Å². The van der Waals surface area contributed by atoms with E-state index >= 15 is 0 Å². The zero-order valence-electron chi connectivity index (χ0n) is 17.4. The van der Waals surface area contributed by atoms with Crippen LogP contribution in [0.1, 0.15) is 34.5 Å². The van der Waals surface area contributed by atoms with Crippen molar-refractivity contribution in [3.05, 3.63) is 59.7 Å². The van der Waals surface area contributed by atoms with Crippen molar-refractivity contribution in [2.45, 2.75) is 25.8 Å². The number of rotatable bonds is 5. The van der Waals surface area contributed by atoms with E-state index in [0.29, 0.717) is 42.7 Å². The standard InChI is InChI=1S/C23H24N4O4/c1-29-17-4-6-18(7-5-17)31-21-19-14-27(22(28)16-9-13-30-15-16)12-8-20(19)24-23(25-21)26-10-2-3-11-26/h4-7,9,13,15H,2-3,8,10-12,14H2,1H3. The second kappa shape index (κ2) is 8.29. The van der Waals surface area contributed by atoms with Gasteiger partial charge in [-0.1, -0.05) is 0 Å². The highest BCUT2D eigenvalue weighted by molar-refractivity contribution is 5.94. The van der Waals surface area contributed by atoms with Gasteiger partial charge in [0.15, 0.2) is 0 Å². The Balaban J connectivity index is 1.48. The van der Waals surface area contributed by atoms with Crippen LogP contribution in [-0.4, -0.2) is 47.5 Å². The molecule has 8 heteroatoms. The van der Waals surface area contributed by atoms with Gasteiger partial charge >= 0.3 is 0 Å².